The van der Waals surface area contributed by atoms with E-state index in [1.165, 1.54) is 11.1 Å². The highest BCUT2D eigenvalue weighted by Gasteiger charge is 2.14. The first kappa shape index (κ1) is 16.0. The van der Waals surface area contributed by atoms with Gasteiger partial charge in [0.2, 0.25) is 0 Å². The molecule has 0 aliphatic carbocycles. The van der Waals surface area contributed by atoms with E-state index in [-0.39, 0.29) is 6.04 Å². The number of hydrazine groups is 1. The number of benzene rings is 2. The monoisotopic (exact) mass is 348 g/mol. The van der Waals surface area contributed by atoms with Crippen LogP contribution in [-0.2, 0) is 0 Å². The lowest BCUT2D eigenvalue weighted by Crippen LogP contribution is -2.29. The summed E-state index contributed by atoms with van der Waals surface area (Å²) in [5, 5.41) is 0. The molecule has 4 heteroatoms. The lowest BCUT2D eigenvalue weighted by Gasteiger charge is -2.19. The maximum atomic E-state index is 5.78. The topological polar surface area (TPSA) is 47.3 Å². The van der Waals surface area contributed by atoms with Crippen molar-refractivity contribution < 1.29 is 4.74 Å². The first-order chi connectivity index (χ1) is 10.1. The van der Waals surface area contributed by atoms with Crippen molar-refractivity contribution >= 4 is 15.9 Å². The number of halogens is 1. The fourth-order valence-electron chi connectivity index (χ4n) is 2.45. The highest BCUT2D eigenvalue weighted by atomic mass is 79.9. The fraction of sp³-hybridized carbons (Fsp3) is 0.294. The number of nitrogens with one attached hydrogen (secondary N) is 1. The summed E-state index contributed by atoms with van der Waals surface area (Å²) in [7, 11) is 0. The minimum absolute atomic E-state index is 0.0359. The average molecular weight is 349 g/mol. The minimum atomic E-state index is -0.0359. The van der Waals surface area contributed by atoms with Crippen molar-refractivity contribution in [2.45, 2.75) is 26.8 Å². The number of nitrogens with two attached hydrogens (primary N) is 1. The Kier molecular flexibility index (Phi) is 5.39. The van der Waals surface area contributed by atoms with Crippen molar-refractivity contribution in [2.24, 2.45) is 5.84 Å². The molecule has 0 saturated heterocycles. The van der Waals surface area contributed by atoms with Crippen LogP contribution >= 0.6 is 15.9 Å². The number of hydrogen-bond acceptors (Lipinski definition) is 3. The molecule has 112 valence electrons. The van der Waals surface area contributed by atoms with Crippen molar-refractivity contribution in [1.29, 1.82) is 0 Å². The van der Waals surface area contributed by atoms with E-state index in [0.717, 1.165) is 21.3 Å². The fourth-order valence-corrected chi connectivity index (χ4v) is 2.68. The molecule has 0 radical (unpaired) electrons. The van der Waals surface area contributed by atoms with Gasteiger partial charge >= 0.3 is 0 Å². The van der Waals surface area contributed by atoms with Crippen LogP contribution in [0, 0.1) is 13.8 Å². The quantitative estimate of drug-likeness (QED) is 0.633. The molecule has 2 aromatic rings. The summed E-state index contributed by atoms with van der Waals surface area (Å²) in [6, 6.07) is 12.3. The van der Waals surface area contributed by atoms with Gasteiger partial charge in [-0.1, -0.05) is 40.2 Å². The Morgan fingerprint density at radius 2 is 1.67 bits per heavy atom. The molecule has 0 aliphatic rings. The molecule has 2 rings (SSSR count). The van der Waals surface area contributed by atoms with Gasteiger partial charge in [-0.15, -0.1) is 0 Å². The molecular formula is C17H21BrN2O. The van der Waals surface area contributed by atoms with Gasteiger partial charge in [-0.25, -0.2) is 5.43 Å². The minimum Gasteiger partial charge on any atom is -0.494 e. The van der Waals surface area contributed by atoms with Gasteiger partial charge in [-0.3, -0.25) is 5.84 Å². The Bertz CT molecular complexity index is 588. The van der Waals surface area contributed by atoms with Crippen LogP contribution in [0.25, 0.3) is 0 Å². The van der Waals surface area contributed by atoms with E-state index < -0.39 is 0 Å². The predicted octanol–water partition coefficient (Wildman–Crippen LogP) is 4.02. The second-order valence-corrected chi connectivity index (χ2v) is 5.86. The van der Waals surface area contributed by atoms with E-state index in [2.05, 4.69) is 47.3 Å². The van der Waals surface area contributed by atoms with E-state index in [1.807, 2.05) is 31.2 Å². The maximum Gasteiger partial charge on any atom is 0.119 e. The molecule has 3 N–H and O–H groups in total. The lowest BCUT2D eigenvalue weighted by molar-refractivity contribution is 0.340. The van der Waals surface area contributed by atoms with Gasteiger partial charge in [0.25, 0.3) is 0 Å². The number of hydrogen-bond donors (Lipinski definition) is 2. The molecule has 0 aliphatic heterocycles. The van der Waals surface area contributed by atoms with Crippen molar-refractivity contribution in [3.05, 3.63) is 63.1 Å². The van der Waals surface area contributed by atoms with Gasteiger partial charge in [0.1, 0.15) is 5.75 Å². The molecule has 0 amide bonds. The van der Waals surface area contributed by atoms with Crippen LogP contribution in [-0.4, -0.2) is 6.61 Å². The van der Waals surface area contributed by atoms with Gasteiger partial charge in [0, 0.05) is 4.47 Å². The van der Waals surface area contributed by atoms with Crippen LogP contribution in [0.15, 0.2) is 40.9 Å². The van der Waals surface area contributed by atoms with Gasteiger partial charge in [0.15, 0.2) is 0 Å². The van der Waals surface area contributed by atoms with E-state index in [9.17, 15) is 0 Å². The summed E-state index contributed by atoms with van der Waals surface area (Å²) in [6.07, 6.45) is 0. The van der Waals surface area contributed by atoms with Gasteiger partial charge in [-0.2, -0.15) is 0 Å². The summed E-state index contributed by atoms with van der Waals surface area (Å²) in [5.41, 5.74) is 7.58. The normalized spacial score (nSPS) is 12.2. The Morgan fingerprint density at radius 3 is 2.14 bits per heavy atom. The van der Waals surface area contributed by atoms with Crippen LogP contribution in [0.5, 0.6) is 5.75 Å². The molecule has 1 unspecified atom stereocenters. The van der Waals surface area contributed by atoms with Crippen molar-refractivity contribution in [3.8, 4) is 5.75 Å². The highest BCUT2D eigenvalue weighted by molar-refractivity contribution is 9.10. The Labute approximate surface area is 134 Å². The zero-order valence-corrected chi connectivity index (χ0v) is 14.2. The third kappa shape index (κ3) is 3.64. The Hall–Kier alpha value is -1.36. The molecule has 0 spiro atoms. The smallest absolute Gasteiger partial charge is 0.119 e. The number of aryl methyl sites for hydroxylation is 2. The molecule has 3 nitrogen and oxygen atoms in total. The van der Waals surface area contributed by atoms with Crippen LogP contribution in [0.2, 0.25) is 0 Å². The van der Waals surface area contributed by atoms with Crippen molar-refractivity contribution in [3.63, 3.8) is 0 Å². The molecule has 0 fully saturated rings. The van der Waals surface area contributed by atoms with Crippen LogP contribution < -0.4 is 16.0 Å². The predicted molar refractivity (Wildman–Crippen MR) is 90.4 cm³/mol. The molecular weight excluding hydrogens is 328 g/mol. The van der Waals surface area contributed by atoms with Crippen LogP contribution in [0.3, 0.4) is 0 Å². The molecule has 0 aromatic heterocycles. The highest BCUT2D eigenvalue weighted by Crippen LogP contribution is 2.29. The third-order valence-corrected chi connectivity index (χ3v) is 4.73. The first-order valence-electron chi connectivity index (χ1n) is 7.02. The van der Waals surface area contributed by atoms with E-state index in [1.54, 1.807) is 0 Å². The molecule has 21 heavy (non-hydrogen) atoms. The lowest BCUT2D eigenvalue weighted by atomic mass is 9.96. The molecule has 0 saturated carbocycles. The summed E-state index contributed by atoms with van der Waals surface area (Å²) in [6.45, 7) is 6.83. The Balaban J connectivity index is 2.35. The molecule has 2 aromatic carbocycles. The summed E-state index contributed by atoms with van der Waals surface area (Å²) >= 11 is 3.60. The third-order valence-electron chi connectivity index (χ3n) is 3.48. The standard InChI is InChI=1S/C17H21BrN2O/c1-4-21-15-7-5-13(6-8-15)17(20-19)14-9-11(2)16(18)12(3)10-14/h5-10,17,20H,4,19H2,1-3H3. The maximum absolute atomic E-state index is 5.78. The zero-order chi connectivity index (χ0) is 15.4. The summed E-state index contributed by atoms with van der Waals surface area (Å²) in [4.78, 5) is 0. The number of rotatable bonds is 5. The second-order valence-electron chi connectivity index (χ2n) is 5.07. The first-order valence-corrected chi connectivity index (χ1v) is 7.81. The largest absolute Gasteiger partial charge is 0.494 e. The molecule has 1 atom stereocenters. The van der Waals surface area contributed by atoms with Crippen LogP contribution in [0.4, 0.5) is 0 Å². The van der Waals surface area contributed by atoms with Crippen molar-refractivity contribution in [2.75, 3.05) is 6.61 Å². The SMILES string of the molecule is CCOc1ccc(C(NN)c2cc(C)c(Br)c(C)c2)cc1. The average Bonchev–Trinajstić information content (AvgIpc) is 2.47. The zero-order valence-electron chi connectivity index (χ0n) is 12.6. The van der Waals surface area contributed by atoms with E-state index in [4.69, 9.17) is 10.6 Å². The summed E-state index contributed by atoms with van der Waals surface area (Å²) < 4.78 is 6.62. The number of ether oxygens (including phenoxy) is 1. The van der Waals surface area contributed by atoms with Crippen LogP contribution in [0.1, 0.15) is 35.2 Å². The molecule has 0 heterocycles. The van der Waals surface area contributed by atoms with E-state index in [0.29, 0.717) is 6.61 Å². The summed E-state index contributed by atoms with van der Waals surface area (Å²) in [5.74, 6) is 6.65. The Morgan fingerprint density at radius 1 is 1.10 bits per heavy atom. The van der Waals surface area contributed by atoms with Gasteiger partial charge in [0.05, 0.1) is 12.6 Å². The second kappa shape index (κ2) is 7.07. The van der Waals surface area contributed by atoms with Gasteiger partial charge < -0.3 is 4.74 Å². The van der Waals surface area contributed by atoms with E-state index >= 15 is 0 Å². The van der Waals surface area contributed by atoms with Gasteiger partial charge in [-0.05, 0) is 55.2 Å². The van der Waals surface area contributed by atoms with Crippen molar-refractivity contribution in [1.82, 2.24) is 5.43 Å². The molecule has 0 bridgehead atoms.